The molecular formula is C36H44N4O8. The van der Waals surface area contributed by atoms with E-state index in [1.54, 1.807) is 24.3 Å². The Hall–Kier alpha value is -3.52. The number of anilines is 2. The van der Waals surface area contributed by atoms with Crippen molar-refractivity contribution in [2.75, 3.05) is 49.9 Å². The minimum atomic E-state index is -0.847. The number of fused-ring (bicyclic) bond motifs is 4. The number of benzene rings is 2. The van der Waals surface area contributed by atoms with Crippen LogP contribution in [0.1, 0.15) is 70.4 Å². The molecule has 6 N–H and O–H groups in total. The molecule has 6 atom stereocenters. The summed E-state index contributed by atoms with van der Waals surface area (Å²) in [6.07, 6.45) is 3.41. The minimum Gasteiger partial charge on any atom is -0.393 e. The van der Waals surface area contributed by atoms with E-state index in [-0.39, 0.29) is 48.3 Å². The molecule has 0 spiro atoms. The SMILES string of the molecule is O=C1CCc2cc(C(=O)CN3C[C@@H]4C[C@H](O)C[C@]4(O)C3)ccc2N1.O=C1CCc2cc(C(=O)CN3C[C@H]4C[C@@H](O)C[C@@]4(O)C3)ccc2N1. The van der Waals surface area contributed by atoms with E-state index in [0.717, 1.165) is 22.5 Å². The van der Waals surface area contributed by atoms with Gasteiger partial charge < -0.3 is 31.1 Å². The van der Waals surface area contributed by atoms with Crippen molar-refractivity contribution in [2.24, 2.45) is 11.8 Å². The Kier molecular flexibility index (Phi) is 8.76. The van der Waals surface area contributed by atoms with Crippen LogP contribution in [0.4, 0.5) is 11.4 Å². The maximum Gasteiger partial charge on any atom is 0.224 e. The first-order valence-corrected chi connectivity index (χ1v) is 17.0. The number of carbonyl (C=O) groups excluding carboxylic acids is 4. The third-order valence-corrected chi connectivity index (χ3v) is 11.1. The van der Waals surface area contributed by atoms with Crippen LogP contribution in [-0.4, -0.2) is 116 Å². The molecule has 2 aliphatic carbocycles. The van der Waals surface area contributed by atoms with Gasteiger partial charge in [-0.2, -0.15) is 0 Å². The van der Waals surface area contributed by atoms with Crippen LogP contribution < -0.4 is 10.6 Å². The molecule has 6 aliphatic rings. The minimum absolute atomic E-state index is 0.0145. The molecule has 0 aromatic heterocycles. The largest absolute Gasteiger partial charge is 0.393 e. The quantitative estimate of drug-likeness (QED) is 0.246. The Balaban J connectivity index is 0.000000152. The number of rotatable bonds is 6. The monoisotopic (exact) mass is 660 g/mol. The second-order valence-corrected chi connectivity index (χ2v) is 14.8. The zero-order valence-electron chi connectivity index (χ0n) is 27.0. The Labute approximate surface area is 279 Å². The lowest BCUT2D eigenvalue weighted by Crippen LogP contribution is -2.36. The third kappa shape index (κ3) is 6.70. The zero-order valence-corrected chi connectivity index (χ0v) is 27.0. The molecular weight excluding hydrogens is 616 g/mol. The highest BCUT2D eigenvalue weighted by Gasteiger charge is 2.52. The number of aliphatic hydroxyl groups is 4. The van der Waals surface area contributed by atoms with Gasteiger partial charge in [0, 0.05) is 86.2 Å². The fourth-order valence-electron chi connectivity index (χ4n) is 8.76. The number of amides is 2. The molecule has 4 aliphatic heterocycles. The van der Waals surface area contributed by atoms with E-state index < -0.39 is 23.4 Å². The number of ketones is 2. The molecule has 4 fully saturated rings. The Morgan fingerprint density at radius 2 is 1.10 bits per heavy atom. The highest BCUT2D eigenvalue weighted by atomic mass is 16.3. The summed E-state index contributed by atoms with van der Waals surface area (Å²) in [5, 5.41) is 46.2. The molecule has 4 heterocycles. The van der Waals surface area contributed by atoms with Gasteiger partial charge in [-0.25, -0.2) is 0 Å². The van der Waals surface area contributed by atoms with Gasteiger partial charge in [-0.1, -0.05) is 0 Å². The smallest absolute Gasteiger partial charge is 0.224 e. The number of nitrogens with one attached hydrogen (secondary N) is 2. The molecule has 2 saturated carbocycles. The standard InChI is InChI=1S/2C18H22N2O4/c2*21-14-6-13-8-20(10-18(13,24)7-14)9-16(22)12-1-3-15-11(5-12)2-4-17(23)19-15/h2*1,3,5,13-14,21,24H,2,4,6-10H2,(H,19,23)/t2*13-,14-,18-/m10/s1. The summed E-state index contributed by atoms with van der Waals surface area (Å²) < 4.78 is 0. The number of hydrogen-bond donors (Lipinski definition) is 6. The second-order valence-electron chi connectivity index (χ2n) is 14.8. The number of aliphatic hydroxyl groups excluding tert-OH is 2. The van der Waals surface area contributed by atoms with Crippen molar-refractivity contribution in [3.63, 3.8) is 0 Å². The summed E-state index contributed by atoms with van der Waals surface area (Å²) in [5.41, 5.74) is 3.19. The molecule has 0 bridgehead atoms. The molecule has 2 aromatic carbocycles. The van der Waals surface area contributed by atoms with Crippen LogP contribution in [-0.2, 0) is 22.4 Å². The van der Waals surface area contributed by atoms with E-state index in [9.17, 15) is 39.6 Å². The molecule has 2 saturated heterocycles. The molecule has 2 amide bonds. The van der Waals surface area contributed by atoms with Crippen molar-refractivity contribution < 1.29 is 39.6 Å². The topological polar surface area (TPSA) is 180 Å². The molecule has 256 valence electrons. The molecule has 2 aromatic rings. The number of hydrogen-bond acceptors (Lipinski definition) is 10. The average Bonchev–Trinajstić information content (AvgIpc) is 3.68. The normalized spacial score (nSPS) is 32.3. The molecule has 48 heavy (non-hydrogen) atoms. The van der Waals surface area contributed by atoms with E-state index in [2.05, 4.69) is 10.6 Å². The molecule has 0 unspecified atom stereocenters. The van der Waals surface area contributed by atoms with Crippen molar-refractivity contribution in [3.8, 4) is 0 Å². The molecule has 12 nitrogen and oxygen atoms in total. The van der Waals surface area contributed by atoms with E-state index in [1.165, 1.54) is 0 Å². The predicted octanol–water partition coefficient (Wildman–Crippen LogP) is 1.14. The lowest BCUT2D eigenvalue weighted by Gasteiger charge is -2.22. The van der Waals surface area contributed by atoms with Gasteiger partial charge in [0.25, 0.3) is 0 Å². The lowest BCUT2D eigenvalue weighted by molar-refractivity contribution is -0.117. The van der Waals surface area contributed by atoms with Gasteiger partial charge in [0.05, 0.1) is 36.5 Å². The van der Waals surface area contributed by atoms with Gasteiger partial charge in [0.1, 0.15) is 0 Å². The Bertz CT molecular complexity index is 1530. The number of carbonyl (C=O) groups is 4. The van der Waals surface area contributed by atoms with Crippen molar-refractivity contribution in [3.05, 3.63) is 58.7 Å². The zero-order chi connectivity index (χ0) is 33.8. The lowest BCUT2D eigenvalue weighted by atomic mass is 9.95. The summed E-state index contributed by atoms with van der Waals surface area (Å²) in [5.74, 6) is 0.192. The van der Waals surface area contributed by atoms with E-state index >= 15 is 0 Å². The maximum atomic E-state index is 12.6. The summed E-state index contributed by atoms with van der Waals surface area (Å²) in [4.78, 5) is 51.9. The van der Waals surface area contributed by atoms with Crippen molar-refractivity contribution in [1.82, 2.24) is 9.80 Å². The number of β-amino-alcohol motifs (C(OH)–C–C–N with tert-alkyl or cyclic N) is 2. The van der Waals surface area contributed by atoms with Gasteiger partial charge >= 0.3 is 0 Å². The molecule has 0 radical (unpaired) electrons. The van der Waals surface area contributed by atoms with E-state index in [0.29, 0.717) is 88.7 Å². The first-order chi connectivity index (χ1) is 22.9. The second kappa shape index (κ2) is 12.7. The van der Waals surface area contributed by atoms with Crippen LogP contribution in [0, 0.1) is 11.8 Å². The molecule has 8 rings (SSSR count). The number of nitrogens with zero attached hydrogens (tertiary/aromatic N) is 2. The Morgan fingerprint density at radius 3 is 1.50 bits per heavy atom. The van der Waals surface area contributed by atoms with Crippen molar-refractivity contribution >= 4 is 34.8 Å². The fraction of sp³-hybridized carbons (Fsp3) is 0.556. The first kappa shape index (κ1) is 33.0. The van der Waals surface area contributed by atoms with Gasteiger partial charge in [-0.05, 0) is 73.2 Å². The van der Waals surface area contributed by atoms with E-state index in [1.807, 2.05) is 21.9 Å². The Morgan fingerprint density at radius 1 is 0.688 bits per heavy atom. The van der Waals surface area contributed by atoms with Gasteiger partial charge in [-0.3, -0.25) is 29.0 Å². The average molecular weight is 661 g/mol. The fourth-order valence-corrected chi connectivity index (χ4v) is 8.76. The highest BCUT2D eigenvalue weighted by Crippen LogP contribution is 2.42. The predicted molar refractivity (Wildman–Crippen MR) is 176 cm³/mol. The highest BCUT2D eigenvalue weighted by molar-refractivity contribution is 6.01. The summed E-state index contributed by atoms with van der Waals surface area (Å²) in [6, 6.07) is 10.8. The summed E-state index contributed by atoms with van der Waals surface area (Å²) in [6.45, 7) is 2.75. The molecule has 12 heteroatoms. The summed E-state index contributed by atoms with van der Waals surface area (Å²) in [7, 11) is 0. The first-order valence-electron chi connectivity index (χ1n) is 17.0. The number of Topliss-reactive ketones (excluding diaryl/α,β-unsaturated/α-hetero) is 2. The van der Waals surface area contributed by atoms with Crippen LogP contribution in [0.2, 0.25) is 0 Å². The van der Waals surface area contributed by atoms with Gasteiger partial charge in [0.15, 0.2) is 11.6 Å². The number of likely N-dealkylation sites (tertiary alicyclic amines) is 2. The van der Waals surface area contributed by atoms with Crippen LogP contribution in [0.3, 0.4) is 0 Å². The van der Waals surface area contributed by atoms with Crippen LogP contribution >= 0.6 is 0 Å². The number of aryl methyl sites for hydroxylation is 2. The van der Waals surface area contributed by atoms with Gasteiger partial charge in [-0.15, -0.1) is 0 Å². The van der Waals surface area contributed by atoms with Crippen molar-refractivity contribution in [2.45, 2.75) is 74.8 Å². The van der Waals surface area contributed by atoms with Crippen LogP contribution in [0.25, 0.3) is 0 Å². The van der Waals surface area contributed by atoms with Crippen molar-refractivity contribution in [1.29, 1.82) is 0 Å². The van der Waals surface area contributed by atoms with Crippen LogP contribution in [0.5, 0.6) is 0 Å². The maximum absolute atomic E-state index is 12.6. The van der Waals surface area contributed by atoms with Gasteiger partial charge in [0.2, 0.25) is 11.8 Å². The third-order valence-electron chi connectivity index (χ3n) is 11.1. The summed E-state index contributed by atoms with van der Waals surface area (Å²) >= 11 is 0. The van der Waals surface area contributed by atoms with E-state index in [4.69, 9.17) is 0 Å². The van der Waals surface area contributed by atoms with Crippen LogP contribution in [0.15, 0.2) is 36.4 Å².